The summed E-state index contributed by atoms with van der Waals surface area (Å²) in [4.78, 5) is 7.79. The molecule has 0 bridgehead atoms. The smallest absolute Gasteiger partial charge is 0.0736 e. The summed E-state index contributed by atoms with van der Waals surface area (Å²) in [5.74, 6) is 0. The Morgan fingerprint density at radius 3 is 1.13 bits per heavy atom. The number of hydrogen-bond acceptors (Lipinski definition) is 3. The second-order valence-corrected chi connectivity index (χ2v) is 23.0. The lowest BCUT2D eigenvalue weighted by atomic mass is 9.65. The average Bonchev–Trinajstić information content (AvgIpc) is 3.79. The van der Waals surface area contributed by atoms with Crippen LogP contribution in [0.2, 0.25) is 0 Å². The molecule has 324 valence electrons. The summed E-state index contributed by atoms with van der Waals surface area (Å²) in [6.45, 7) is 14.1. The molecule has 13 rings (SSSR count). The van der Waals surface area contributed by atoms with Crippen LogP contribution >= 0.6 is 23.5 Å². The van der Waals surface area contributed by atoms with Crippen molar-refractivity contribution in [2.45, 2.75) is 82.8 Å². The molecule has 2 aliphatic carbocycles. The van der Waals surface area contributed by atoms with E-state index in [4.69, 9.17) is 0 Å². The largest absolute Gasteiger partial charge is 0.310 e. The van der Waals surface area contributed by atoms with Crippen LogP contribution in [0.25, 0.3) is 22.3 Å². The van der Waals surface area contributed by atoms with Crippen LogP contribution in [0.3, 0.4) is 0 Å². The maximum atomic E-state index is 2.55. The van der Waals surface area contributed by atoms with Crippen LogP contribution in [-0.2, 0) is 21.7 Å². The summed E-state index contributed by atoms with van der Waals surface area (Å²) < 4.78 is 0. The molecule has 2 spiro atoms. The van der Waals surface area contributed by atoms with Crippen molar-refractivity contribution in [1.29, 1.82) is 0 Å². The summed E-state index contributed by atoms with van der Waals surface area (Å²) in [5.41, 5.74) is 21.1. The van der Waals surface area contributed by atoms with Crippen LogP contribution in [0.1, 0.15) is 97.2 Å². The predicted molar refractivity (Wildman–Crippen MR) is 281 cm³/mol. The monoisotopic (exact) mass is 897 g/mol. The van der Waals surface area contributed by atoms with E-state index in [-0.39, 0.29) is 10.8 Å². The Labute approximate surface area is 404 Å². The molecule has 9 aromatic rings. The number of anilines is 3. The van der Waals surface area contributed by atoms with Gasteiger partial charge in [-0.3, -0.25) is 0 Å². The zero-order valence-corrected chi connectivity index (χ0v) is 40.4. The van der Waals surface area contributed by atoms with Gasteiger partial charge in [0.15, 0.2) is 0 Å². The van der Waals surface area contributed by atoms with Crippen molar-refractivity contribution in [3.63, 3.8) is 0 Å². The van der Waals surface area contributed by atoms with Crippen LogP contribution in [0, 0.1) is 0 Å². The lowest BCUT2D eigenvalue weighted by molar-refractivity contribution is 0.581. The minimum absolute atomic E-state index is 0.0238. The molecule has 3 heteroatoms. The lowest BCUT2D eigenvalue weighted by Gasteiger charge is -2.41. The van der Waals surface area contributed by atoms with Crippen molar-refractivity contribution in [2.24, 2.45) is 0 Å². The van der Waals surface area contributed by atoms with Gasteiger partial charge >= 0.3 is 0 Å². The van der Waals surface area contributed by atoms with Crippen molar-refractivity contribution in [3.8, 4) is 22.3 Å². The fraction of sp³-hybridized carbons (Fsp3) is 0.156. The molecule has 0 radical (unpaired) electrons. The van der Waals surface area contributed by atoms with Crippen molar-refractivity contribution >= 4 is 40.6 Å². The predicted octanol–water partition coefficient (Wildman–Crippen LogP) is 17.4. The quantitative estimate of drug-likeness (QED) is 0.174. The van der Waals surface area contributed by atoms with Crippen LogP contribution in [0.5, 0.6) is 0 Å². The third kappa shape index (κ3) is 5.71. The number of nitrogens with zero attached hydrogens (tertiary/aromatic N) is 1. The summed E-state index contributed by atoms with van der Waals surface area (Å²) in [5, 5.41) is 0. The highest BCUT2D eigenvalue weighted by Gasteiger charge is 2.52. The average molecular weight is 898 g/mol. The molecule has 9 aromatic carbocycles. The van der Waals surface area contributed by atoms with Gasteiger partial charge in [-0.15, -0.1) is 0 Å². The van der Waals surface area contributed by atoms with Gasteiger partial charge < -0.3 is 4.90 Å². The highest BCUT2D eigenvalue weighted by Crippen LogP contribution is 2.65. The summed E-state index contributed by atoms with van der Waals surface area (Å²) in [6, 6.07) is 76.9. The number of fused-ring (bicyclic) bond motifs is 18. The normalized spacial score (nSPS) is 15.1. The highest BCUT2D eigenvalue weighted by molar-refractivity contribution is 7.99. The number of benzene rings is 9. The molecule has 2 heterocycles. The van der Waals surface area contributed by atoms with Crippen molar-refractivity contribution in [1.82, 2.24) is 0 Å². The second-order valence-electron chi connectivity index (χ2n) is 20.8. The molecule has 0 atom stereocenters. The van der Waals surface area contributed by atoms with E-state index in [0.717, 1.165) is 17.1 Å². The Balaban J connectivity index is 1.10. The molecule has 0 aromatic heterocycles. The fourth-order valence-corrected chi connectivity index (χ4v) is 14.4. The van der Waals surface area contributed by atoms with Gasteiger partial charge in [0, 0.05) is 36.6 Å². The first-order valence-corrected chi connectivity index (χ1v) is 25.3. The SMILES string of the molecule is CC(C)(C)c1ccc2c(c1)C1(c3cc(C(C)(C)C)ccc3S2)c2ccccc2-c2ccc(N(c3ccccc3)c3ccc4c(c3)C3(c5ccccc5Sc5ccccc53)c3ccccc3-4)cc21. The van der Waals surface area contributed by atoms with Gasteiger partial charge in [0.1, 0.15) is 0 Å². The third-order valence-electron chi connectivity index (χ3n) is 15.1. The first kappa shape index (κ1) is 40.7. The van der Waals surface area contributed by atoms with E-state index < -0.39 is 10.8 Å². The van der Waals surface area contributed by atoms with Crippen LogP contribution in [0.15, 0.2) is 220 Å². The molecule has 0 unspecified atom stereocenters. The first-order valence-electron chi connectivity index (χ1n) is 23.7. The minimum Gasteiger partial charge on any atom is -0.310 e. The summed E-state index contributed by atoms with van der Waals surface area (Å²) in [6.07, 6.45) is 0. The molecule has 1 nitrogen and oxygen atoms in total. The van der Waals surface area contributed by atoms with Crippen molar-refractivity contribution in [2.75, 3.05) is 4.90 Å². The van der Waals surface area contributed by atoms with Crippen LogP contribution < -0.4 is 4.90 Å². The van der Waals surface area contributed by atoms with E-state index in [1.54, 1.807) is 0 Å². The first-order chi connectivity index (χ1) is 32.5. The Hall–Kier alpha value is -6.52. The zero-order chi connectivity index (χ0) is 45.5. The molecule has 0 saturated heterocycles. The van der Waals surface area contributed by atoms with Gasteiger partial charge in [0.2, 0.25) is 0 Å². The molecule has 0 fully saturated rings. The van der Waals surface area contributed by atoms with Crippen LogP contribution in [-0.4, -0.2) is 0 Å². The van der Waals surface area contributed by atoms with Gasteiger partial charge in [-0.25, -0.2) is 0 Å². The summed E-state index contributed by atoms with van der Waals surface area (Å²) in [7, 11) is 0. The van der Waals surface area contributed by atoms with E-state index in [2.05, 4.69) is 247 Å². The molecule has 67 heavy (non-hydrogen) atoms. The lowest BCUT2D eigenvalue weighted by Crippen LogP contribution is -2.33. The van der Waals surface area contributed by atoms with Gasteiger partial charge in [0.05, 0.1) is 10.8 Å². The Bertz CT molecular complexity index is 3400. The van der Waals surface area contributed by atoms with Crippen LogP contribution in [0.4, 0.5) is 17.1 Å². The third-order valence-corrected chi connectivity index (χ3v) is 17.4. The second kappa shape index (κ2) is 14.5. The number of rotatable bonds is 3. The van der Waals surface area contributed by atoms with E-state index in [1.807, 2.05) is 23.5 Å². The van der Waals surface area contributed by atoms with Gasteiger partial charge in [-0.1, -0.05) is 205 Å². The molecule has 4 aliphatic rings. The van der Waals surface area contributed by atoms with Gasteiger partial charge in [0.25, 0.3) is 0 Å². The van der Waals surface area contributed by atoms with E-state index in [1.165, 1.54) is 97.5 Å². The van der Waals surface area contributed by atoms with E-state index in [0.29, 0.717) is 0 Å². The molecule has 2 aliphatic heterocycles. The highest BCUT2D eigenvalue weighted by atomic mass is 32.2. The Morgan fingerprint density at radius 2 is 0.672 bits per heavy atom. The number of hydrogen-bond donors (Lipinski definition) is 0. The topological polar surface area (TPSA) is 3.24 Å². The molecule has 0 amide bonds. The Kier molecular flexibility index (Phi) is 8.81. The Morgan fingerprint density at radius 1 is 0.299 bits per heavy atom. The molecule has 0 saturated carbocycles. The standard InChI is InChI=1S/C64H51NS2/c1-61(2,3)40-28-34-59-55(36-40)64(56-37-41(62(4,5)6)29-35-60(56)67-59)50-23-13-11-21-46(50)48-33-31-44(39-54(48)64)65(42-18-8-7-9-19-42)43-30-32-47-45-20-10-12-22-49(45)63(53(47)38-43)51-24-14-16-26-57(51)66-58-27-17-15-25-52(58)63/h7-39H,1-6H3. The minimum atomic E-state index is -0.542. The number of para-hydroxylation sites is 1. The van der Waals surface area contributed by atoms with E-state index >= 15 is 0 Å². The molecular formula is C64H51NS2. The summed E-state index contributed by atoms with van der Waals surface area (Å²) >= 11 is 3.83. The molecular weight excluding hydrogens is 847 g/mol. The van der Waals surface area contributed by atoms with E-state index in [9.17, 15) is 0 Å². The maximum Gasteiger partial charge on any atom is 0.0736 e. The maximum absolute atomic E-state index is 2.55. The van der Waals surface area contributed by atoms with Crippen molar-refractivity contribution in [3.05, 3.63) is 256 Å². The zero-order valence-electron chi connectivity index (χ0n) is 38.8. The van der Waals surface area contributed by atoms with Crippen molar-refractivity contribution < 1.29 is 0 Å². The fourth-order valence-electron chi connectivity index (χ4n) is 12.0. The molecule has 0 N–H and O–H groups in total. The van der Waals surface area contributed by atoms with Gasteiger partial charge in [-0.05, 0) is 149 Å². The van der Waals surface area contributed by atoms with Gasteiger partial charge in [-0.2, -0.15) is 0 Å².